The van der Waals surface area contributed by atoms with Gasteiger partial charge in [-0.3, -0.25) is 0 Å². The average Bonchev–Trinajstić information content (AvgIpc) is 2.74. The third kappa shape index (κ3) is 1.68. The van der Waals surface area contributed by atoms with E-state index in [2.05, 4.69) is 15.0 Å². The van der Waals surface area contributed by atoms with Gasteiger partial charge in [-0.05, 0) is 12.8 Å². The van der Waals surface area contributed by atoms with Gasteiger partial charge < -0.3 is 20.8 Å². The molecule has 0 atom stereocenters. The molecule has 17 heavy (non-hydrogen) atoms. The molecule has 0 unspecified atom stereocenters. The molecule has 7 heteroatoms. The van der Waals surface area contributed by atoms with Crippen LogP contribution >= 0.6 is 0 Å². The Morgan fingerprint density at radius 2 is 2.00 bits per heavy atom. The fourth-order valence-electron chi connectivity index (χ4n) is 2.19. The summed E-state index contributed by atoms with van der Waals surface area (Å²) in [5, 5.41) is 0. The monoisotopic (exact) mass is 234 g/mol. The Labute approximate surface area is 97.8 Å². The van der Waals surface area contributed by atoms with E-state index in [4.69, 9.17) is 16.2 Å². The molecular weight excluding hydrogens is 220 g/mol. The summed E-state index contributed by atoms with van der Waals surface area (Å²) in [6, 6.07) is 0.349. The van der Waals surface area contributed by atoms with Crippen LogP contribution in [0.3, 0.4) is 0 Å². The van der Waals surface area contributed by atoms with E-state index in [1.165, 1.54) is 0 Å². The quantitative estimate of drug-likeness (QED) is 0.737. The molecule has 1 aliphatic heterocycles. The van der Waals surface area contributed by atoms with E-state index >= 15 is 0 Å². The largest absolute Gasteiger partial charge is 0.382 e. The van der Waals surface area contributed by atoms with E-state index in [-0.39, 0.29) is 5.95 Å². The average molecular weight is 234 g/mol. The van der Waals surface area contributed by atoms with Crippen LogP contribution < -0.4 is 11.5 Å². The SMILES string of the molecule is Nc1nc(N)c2ncn(C3CCOCC3)c2n1. The number of nitrogens with zero attached hydrogens (tertiary/aromatic N) is 4. The van der Waals surface area contributed by atoms with Crippen molar-refractivity contribution in [2.24, 2.45) is 0 Å². The summed E-state index contributed by atoms with van der Waals surface area (Å²) < 4.78 is 7.36. The van der Waals surface area contributed by atoms with Crippen molar-refractivity contribution in [1.82, 2.24) is 19.5 Å². The normalized spacial score (nSPS) is 17.6. The van der Waals surface area contributed by atoms with Crippen molar-refractivity contribution in [3.8, 4) is 0 Å². The lowest BCUT2D eigenvalue weighted by Gasteiger charge is -2.23. The second-order valence-corrected chi connectivity index (χ2v) is 4.13. The highest BCUT2D eigenvalue weighted by atomic mass is 16.5. The maximum Gasteiger partial charge on any atom is 0.224 e. The van der Waals surface area contributed by atoms with Gasteiger partial charge in [-0.15, -0.1) is 0 Å². The third-order valence-electron chi connectivity index (χ3n) is 3.05. The standard InChI is InChI=1S/C10H14N6O/c11-8-7-9(15-10(12)14-8)16(5-13-7)6-1-3-17-4-2-6/h5-6H,1-4H2,(H4,11,12,14,15). The molecule has 4 N–H and O–H groups in total. The smallest absolute Gasteiger partial charge is 0.224 e. The van der Waals surface area contributed by atoms with Gasteiger partial charge in [0.1, 0.15) is 5.52 Å². The number of hydrogen-bond acceptors (Lipinski definition) is 6. The predicted molar refractivity (Wildman–Crippen MR) is 63.2 cm³/mol. The molecule has 0 aliphatic carbocycles. The zero-order valence-electron chi connectivity index (χ0n) is 9.33. The number of imidazole rings is 1. The number of hydrogen-bond donors (Lipinski definition) is 2. The maximum absolute atomic E-state index is 5.77. The minimum Gasteiger partial charge on any atom is -0.382 e. The Hall–Kier alpha value is -1.89. The van der Waals surface area contributed by atoms with Gasteiger partial charge in [0.25, 0.3) is 0 Å². The summed E-state index contributed by atoms with van der Waals surface area (Å²) in [4.78, 5) is 12.4. The molecule has 3 rings (SSSR count). The van der Waals surface area contributed by atoms with Crippen LogP contribution in [0.15, 0.2) is 6.33 Å². The maximum atomic E-state index is 5.77. The highest BCUT2D eigenvalue weighted by Crippen LogP contribution is 2.26. The fourth-order valence-corrected chi connectivity index (χ4v) is 2.19. The molecule has 2 aromatic rings. The second kappa shape index (κ2) is 3.85. The molecule has 2 aromatic heterocycles. The van der Waals surface area contributed by atoms with Crippen LogP contribution in [0, 0.1) is 0 Å². The van der Waals surface area contributed by atoms with E-state index < -0.39 is 0 Å². The lowest BCUT2D eigenvalue weighted by Crippen LogP contribution is -2.19. The lowest BCUT2D eigenvalue weighted by atomic mass is 10.1. The molecule has 90 valence electrons. The van der Waals surface area contributed by atoms with Gasteiger partial charge in [-0.25, -0.2) is 4.98 Å². The van der Waals surface area contributed by atoms with Gasteiger partial charge in [0.15, 0.2) is 11.5 Å². The molecule has 0 spiro atoms. The summed E-state index contributed by atoms with van der Waals surface area (Å²) >= 11 is 0. The summed E-state index contributed by atoms with van der Waals surface area (Å²) in [6.45, 7) is 1.53. The van der Waals surface area contributed by atoms with Crippen LogP contribution in [-0.4, -0.2) is 32.7 Å². The predicted octanol–water partition coefficient (Wildman–Crippen LogP) is 0.342. The van der Waals surface area contributed by atoms with Crippen LogP contribution in [0.4, 0.5) is 11.8 Å². The molecule has 3 heterocycles. The topological polar surface area (TPSA) is 105 Å². The Balaban J connectivity index is 2.10. The third-order valence-corrected chi connectivity index (χ3v) is 3.05. The van der Waals surface area contributed by atoms with Crippen LogP contribution in [0.25, 0.3) is 11.2 Å². The number of rotatable bonds is 1. The first-order chi connectivity index (χ1) is 8.25. The molecule has 1 aliphatic rings. The molecule has 1 fully saturated rings. The molecule has 0 radical (unpaired) electrons. The molecule has 7 nitrogen and oxygen atoms in total. The lowest BCUT2D eigenvalue weighted by molar-refractivity contribution is 0.0704. The van der Waals surface area contributed by atoms with Gasteiger partial charge in [0, 0.05) is 19.3 Å². The van der Waals surface area contributed by atoms with E-state index in [0.29, 0.717) is 23.0 Å². The zero-order chi connectivity index (χ0) is 11.8. The van der Waals surface area contributed by atoms with Crippen LogP contribution in [0.5, 0.6) is 0 Å². The van der Waals surface area contributed by atoms with E-state index in [9.17, 15) is 0 Å². The van der Waals surface area contributed by atoms with Gasteiger partial charge in [0.2, 0.25) is 5.95 Å². The van der Waals surface area contributed by atoms with Crippen molar-refractivity contribution in [1.29, 1.82) is 0 Å². The van der Waals surface area contributed by atoms with Crippen LogP contribution in [-0.2, 0) is 4.74 Å². The van der Waals surface area contributed by atoms with E-state index in [1.54, 1.807) is 6.33 Å². The number of aromatic nitrogens is 4. The highest BCUT2D eigenvalue weighted by molar-refractivity contribution is 5.82. The second-order valence-electron chi connectivity index (χ2n) is 4.13. The van der Waals surface area contributed by atoms with Crippen molar-refractivity contribution < 1.29 is 4.74 Å². The molecule has 1 saturated heterocycles. The van der Waals surface area contributed by atoms with Gasteiger partial charge in [-0.1, -0.05) is 0 Å². The molecule has 0 bridgehead atoms. The molecule has 0 saturated carbocycles. The van der Waals surface area contributed by atoms with Crippen LogP contribution in [0.1, 0.15) is 18.9 Å². The number of ether oxygens (including phenoxy) is 1. The van der Waals surface area contributed by atoms with Crippen molar-refractivity contribution in [2.75, 3.05) is 24.7 Å². The summed E-state index contributed by atoms with van der Waals surface area (Å²) in [5.74, 6) is 0.516. The first-order valence-corrected chi connectivity index (χ1v) is 5.59. The molecular formula is C10H14N6O. The highest BCUT2D eigenvalue weighted by Gasteiger charge is 2.19. The number of fused-ring (bicyclic) bond motifs is 1. The summed E-state index contributed by atoms with van der Waals surface area (Å²) in [7, 11) is 0. The zero-order valence-corrected chi connectivity index (χ0v) is 9.33. The first kappa shape index (κ1) is 10.3. The molecule has 0 aromatic carbocycles. The van der Waals surface area contributed by atoms with E-state index in [1.807, 2.05) is 4.57 Å². The van der Waals surface area contributed by atoms with Crippen molar-refractivity contribution in [3.05, 3.63) is 6.33 Å². The van der Waals surface area contributed by atoms with Crippen molar-refractivity contribution in [3.63, 3.8) is 0 Å². The summed E-state index contributed by atoms with van der Waals surface area (Å²) in [6.07, 6.45) is 3.66. The number of anilines is 2. The minimum atomic E-state index is 0.184. The van der Waals surface area contributed by atoms with Gasteiger partial charge in [0.05, 0.1) is 6.33 Å². The van der Waals surface area contributed by atoms with Gasteiger partial charge >= 0.3 is 0 Å². The van der Waals surface area contributed by atoms with Crippen molar-refractivity contribution >= 4 is 22.9 Å². The fraction of sp³-hybridized carbons (Fsp3) is 0.500. The number of nitrogen functional groups attached to an aromatic ring is 2. The Morgan fingerprint density at radius 1 is 1.24 bits per heavy atom. The Bertz CT molecular complexity index is 545. The van der Waals surface area contributed by atoms with E-state index in [0.717, 1.165) is 26.1 Å². The summed E-state index contributed by atoms with van der Waals surface area (Å²) in [5.41, 5.74) is 12.7. The molecule has 0 amide bonds. The minimum absolute atomic E-state index is 0.184. The number of nitrogens with two attached hydrogens (primary N) is 2. The Morgan fingerprint density at radius 3 is 2.76 bits per heavy atom. The van der Waals surface area contributed by atoms with Crippen molar-refractivity contribution in [2.45, 2.75) is 18.9 Å². The van der Waals surface area contributed by atoms with Crippen LogP contribution in [0.2, 0.25) is 0 Å². The first-order valence-electron chi connectivity index (χ1n) is 5.59. The van der Waals surface area contributed by atoms with Gasteiger partial charge in [-0.2, -0.15) is 9.97 Å². The Kier molecular flexibility index (Phi) is 2.32.